The fraction of sp³-hybridized carbons (Fsp3) is 0.481. The SMILES string of the molecule is Cc1cc(-c2cnn3cc(OC(C)(C)CN4CCOCC4)ccc23)cc(C)c1C(=O)NC1CC1F. The second kappa shape index (κ2) is 9.24. The van der Waals surface area contributed by atoms with E-state index >= 15 is 0 Å². The first-order valence-corrected chi connectivity index (χ1v) is 12.2. The summed E-state index contributed by atoms with van der Waals surface area (Å²) in [5, 5.41) is 7.35. The summed E-state index contributed by atoms with van der Waals surface area (Å²) in [6.07, 6.45) is 3.23. The van der Waals surface area contributed by atoms with E-state index in [4.69, 9.17) is 9.47 Å². The fourth-order valence-electron chi connectivity index (χ4n) is 4.93. The zero-order valence-corrected chi connectivity index (χ0v) is 20.8. The number of pyridine rings is 1. The smallest absolute Gasteiger partial charge is 0.252 e. The molecule has 186 valence electrons. The third-order valence-electron chi connectivity index (χ3n) is 6.69. The Morgan fingerprint density at radius 2 is 1.91 bits per heavy atom. The number of hydrogen-bond donors (Lipinski definition) is 1. The molecule has 8 heteroatoms. The minimum absolute atomic E-state index is 0.210. The molecule has 3 aromatic rings. The van der Waals surface area contributed by atoms with Crippen molar-refractivity contribution < 1.29 is 18.7 Å². The van der Waals surface area contributed by atoms with E-state index in [1.165, 1.54) is 0 Å². The molecule has 2 aromatic heterocycles. The Morgan fingerprint density at radius 1 is 1.23 bits per heavy atom. The lowest BCUT2D eigenvalue weighted by Crippen LogP contribution is -2.47. The number of ether oxygens (including phenoxy) is 2. The summed E-state index contributed by atoms with van der Waals surface area (Å²) < 4.78 is 26.8. The van der Waals surface area contributed by atoms with Crippen LogP contribution in [0.5, 0.6) is 5.75 Å². The number of fused-ring (bicyclic) bond motifs is 1. The number of alkyl halides is 1. The van der Waals surface area contributed by atoms with Gasteiger partial charge in [-0.25, -0.2) is 8.91 Å². The quantitative estimate of drug-likeness (QED) is 0.555. The maximum atomic E-state index is 13.2. The number of rotatable bonds is 7. The predicted octanol–water partition coefficient (Wildman–Crippen LogP) is 3.95. The topological polar surface area (TPSA) is 68.1 Å². The molecule has 5 rings (SSSR count). The van der Waals surface area contributed by atoms with Crippen molar-refractivity contribution in [3.05, 3.63) is 53.3 Å². The van der Waals surface area contributed by atoms with Crippen molar-refractivity contribution in [2.75, 3.05) is 32.8 Å². The van der Waals surface area contributed by atoms with Gasteiger partial charge in [0.25, 0.3) is 5.91 Å². The molecule has 1 aliphatic carbocycles. The van der Waals surface area contributed by atoms with Crippen LogP contribution in [0, 0.1) is 13.8 Å². The molecule has 1 amide bonds. The lowest BCUT2D eigenvalue weighted by Gasteiger charge is -2.35. The summed E-state index contributed by atoms with van der Waals surface area (Å²) in [4.78, 5) is 15.0. The second-order valence-electron chi connectivity index (χ2n) is 10.3. The number of aryl methyl sites for hydroxylation is 2. The van der Waals surface area contributed by atoms with E-state index < -0.39 is 6.17 Å². The van der Waals surface area contributed by atoms with E-state index in [1.807, 2.05) is 55.0 Å². The summed E-state index contributed by atoms with van der Waals surface area (Å²) in [5.41, 5.74) is 4.90. The summed E-state index contributed by atoms with van der Waals surface area (Å²) in [7, 11) is 0. The molecule has 0 radical (unpaired) electrons. The predicted molar refractivity (Wildman–Crippen MR) is 133 cm³/mol. The number of nitrogens with zero attached hydrogens (tertiary/aromatic N) is 3. The van der Waals surface area contributed by atoms with Crippen LogP contribution in [0.1, 0.15) is 41.8 Å². The molecule has 2 unspecified atom stereocenters. The highest BCUT2D eigenvalue weighted by Crippen LogP contribution is 2.31. The molecule has 1 saturated carbocycles. The van der Waals surface area contributed by atoms with Crippen LogP contribution in [0.4, 0.5) is 4.39 Å². The summed E-state index contributed by atoms with van der Waals surface area (Å²) in [5.74, 6) is 0.550. The molecule has 1 aliphatic heterocycles. The molecule has 2 atom stereocenters. The van der Waals surface area contributed by atoms with Gasteiger partial charge in [-0.2, -0.15) is 5.10 Å². The first-order valence-electron chi connectivity index (χ1n) is 12.2. The lowest BCUT2D eigenvalue weighted by molar-refractivity contribution is -0.00367. The highest BCUT2D eigenvalue weighted by molar-refractivity contribution is 5.98. The van der Waals surface area contributed by atoms with Crippen molar-refractivity contribution >= 4 is 11.4 Å². The van der Waals surface area contributed by atoms with E-state index in [0.29, 0.717) is 12.0 Å². The molecule has 3 heterocycles. The molecule has 1 aromatic carbocycles. The van der Waals surface area contributed by atoms with Gasteiger partial charge in [-0.15, -0.1) is 0 Å². The van der Waals surface area contributed by atoms with Crippen molar-refractivity contribution in [3.8, 4) is 16.9 Å². The first kappa shape index (κ1) is 23.8. The average molecular weight is 481 g/mol. The van der Waals surface area contributed by atoms with E-state index in [2.05, 4.69) is 29.2 Å². The number of nitrogens with one attached hydrogen (secondary N) is 1. The van der Waals surface area contributed by atoms with Crippen LogP contribution >= 0.6 is 0 Å². The number of carbonyl (C=O) groups excluding carboxylic acids is 1. The van der Waals surface area contributed by atoms with E-state index in [0.717, 1.165) is 66.4 Å². The van der Waals surface area contributed by atoms with Crippen LogP contribution in [0.25, 0.3) is 16.6 Å². The second-order valence-corrected chi connectivity index (χ2v) is 10.3. The normalized spacial score (nSPS) is 20.7. The molecule has 2 aliphatic rings. The van der Waals surface area contributed by atoms with Crippen LogP contribution in [0.15, 0.2) is 36.7 Å². The third kappa shape index (κ3) is 5.18. The monoisotopic (exact) mass is 480 g/mol. The highest BCUT2D eigenvalue weighted by atomic mass is 19.1. The number of amides is 1. The lowest BCUT2D eigenvalue weighted by atomic mass is 9.95. The van der Waals surface area contributed by atoms with Crippen molar-refractivity contribution in [1.82, 2.24) is 19.8 Å². The fourth-order valence-corrected chi connectivity index (χ4v) is 4.93. The van der Waals surface area contributed by atoms with Gasteiger partial charge < -0.3 is 14.8 Å². The van der Waals surface area contributed by atoms with Crippen LogP contribution < -0.4 is 10.1 Å². The standard InChI is InChI=1S/C27H33FN4O3/c1-17-11-19(12-18(2)25(17)26(33)30-23-13-22(23)28)21-14-29-32-15-20(5-6-24(21)32)35-27(3,4)16-31-7-9-34-10-8-31/h5-6,11-12,14-15,22-23H,7-10,13,16H2,1-4H3,(H,30,33). The zero-order valence-electron chi connectivity index (χ0n) is 20.8. The van der Waals surface area contributed by atoms with Crippen LogP contribution in [0.3, 0.4) is 0 Å². The molecule has 0 spiro atoms. The molecule has 7 nitrogen and oxygen atoms in total. The van der Waals surface area contributed by atoms with Crippen LogP contribution in [0.2, 0.25) is 0 Å². The maximum Gasteiger partial charge on any atom is 0.252 e. The average Bonchev–Trinajstić information content (AvgIpc) is 3.31. The van der Waals surface area contributed by atoms with Crippen molar-refractivity contribution in [3.63, 3.8) is 0 Å². The van der Waals surface area contributed by atoms with Gasteiger partial charge in [-0.3, -0.25) is 9.69 Å². The van der Waals surface area contributed by atoms with E-state index in [9.17, 15) is 9.18 Å². The molecule has 0 bridgehead atoms. The van der Waals surface area contributed by atoms with E-state index in [-0.39, 0.29) is 17.6 Å². The summed E-state index contributed by atoms with van der Waals surface area (Å²) in [6, 6.07) is 7.63. The Hall–Kier alpha value is -2.97. The van der Waals surface area contributed by atoms with Gasteiger partial charge in [0.2, 0.25) is 0 Å². The minimum Gasteiger partial charge on any atom is -0.485 e. The Labute approximate surface area is 205 Å². The Morgan fingerprint density at radius 3 is 2.57 bits per heavy atom. The van der Waals surface area contributed by atoms with Crippen LogP contribution in [-0.4, -0.2) is 71.1 Å². The number of carbonyl (C=O) groups is 1. The first-order chi connectivity index (χ1) is 16.7. The molecule has 2 fully saturated rings. The molecular weight excluding hydrogens is 447 g/mol. The van der Waals surface area contributed by atoms with Crippen molar-refractivity contribution in [2.45, 2.75) is 51.9 Å². The van der Waals surface area contributed by atoms with Gasteiger partial charge in [-0.1, -0.05) is 12.1 Å². The Kier molecular flexibility index (Phi) is 6.27. The van der Waals surface area contributed by atoms with Gasteiger partial charge in [0.05, 0.1) is 37.2 Å². The molecular formula is C27H33FN4O3. The van der Waals surface area contributed by atoms with Crippen LogP contribution in [-0.2, 0) is 4.74 Å². The number of hydrogen-bond acceptors (Lipinski definition) is 5. The number of aromatic nitrogens is 2. The van der Waals surface area contributed by atoms with Gasteiger partial charge in [-0.05, 0) is 56.5 Å². The van der Waals surface area contributed by atoms with Crippen molar-refractivity contribution in [1.29, 1.82) is 0 Å². The Balaban J connectivity index is 1.35. The van der Waals surface area contributed by atoms with E-state index in [1.54, 1.807) is 0 Å². The summed E-state index contributed by atoms with van der Waals surface area (Å²) in [6.45, 7) is 12.2. The number of benzene rings is 1. The number of halogens is 1. The molecule has 1 saturated heterocycles. The minimum atomic E-state index is -0.920. The maximum absolute atomic E-state index is 13.2. The third-order valence-corrected chi connectivity index (χ3v) is 6.69. The Bertz CT molecular complexity index is 1230. The van der Waals surface area contributed by atoms with Crippen molar-refractivity contribution in [2.24, 2.45) is 0 Å². The van der Waals surface area contributed by atoms with Gasteiger partial charge >= 0.3 is 0 Å². The largest absolute Gasteiger partial charge is 0.485 e. The zero-order chi connectivity index (χ0) is 24.7. The molecule has 35 heavy (non-hydrogen) atoms. The van der Waals surface area contributed by atoms with Gasteiger partial charge in [0.1, 0.15) is 17.5 Å². The van der Waals surface area contributed by atoms with Gasteiger partial charge in [0.15, 0.2) is 0 Å². The molecule has 1 N–H and O–H groups in total. The highest BCUT2D eigenvalue weighted by Gasteiger charge is 2.39. The summed E-state index contributed by atoms with van der Waals surface area (Å²) >= 11 is 0. The number of morpholine rings is 1. The van der Waals surface area contributed by atoms with Gasteiger partial charge in [0, 0.05) is 37.2 Å².